The van der Waals surface area contributed by atoms with Crippen LogP contribution in [0.15, 0.2) is 48.5 Å². The molecule has 1 N–H and O–H groups in total. The first-order valence-electron chi connectivity index (χ1n) is 9.05. The number of para-hydroxylation sites is 1. The number of piperidine rings is 1. The van der Waals surface area contributed by atoms with Crippen LogP contribution >= 0.6 is 0 Å². The van der Waals surface area contributed by atoms with Gasteiger partial charge in [-0.05, 0) is 61.4 Å². The van der Waals surface area contributed by atoms with Gasteiger partial charge < -0.3 is 5.32 Å². The minimum absolute atomic E-state index is 0.155. The fourth-order valence-corrected chi connectivity index (χ4v) is 4.19. The van der Waals surface area contributed by atoms with Gasteiger partial charge in [-0.1, -0.05) is 30.3 Å². The van der Waals surface area contributed by atoms with E-state index in [0.717, 1.165) is 19.6 Å². The van der Waals surface area contributed by atoms with E-state index in [2.05, 4.69) is 34.5 Å². The molecule has 2 aliphatic rings. The van der Waals surface area contributed by atoms with Crippen molar-refractivity contribution in [1.29, 1.82) is 0 Å². The number of nitrogens with zero attached hydrogens (tertiary/aromatic N) is 1. The van der Waals surface area contributed by atoms with Crippen molar-refractivity contribution in [3.8, 4) is 0 Å². The highest BCUT2D eigenvalue weighted by Crippen LogP contribution is 2.36. The van der Waals surface area contributed by atoms with Gasteiger partial charge in [-0.2, -0.15) is 0 Å². The largest absolute Gasteiger partial charge is 0.379 e. The number of hydrogen-bond donors (Lipinski definition) is 1. The van der Waals surface area contributed by atoms with Gasteiger partial charge in [-0.15, -0.1) is 0 Å². The second kappa shape index (κ2) is 6.56. The number of hydrogen-bond acceptors (Lipinski definition) is 2. The average Bonchev–Trinajstić information content (AvgIpc) is 2.78. The van der Waals surface area contributed by atoms with E-state index in [1.54, 1.807) is 12.1 Å². The van der Waals surface area contributed by atoms with Gasteiger partial charge in [0.1, 0.15) is 5.82 Å². The molecule has 0 unspecified atom stereocenters. The number of halogens is 1. The average molecular weight is 324 g/mol. The quantitative estimate of drug-likeness (QED) is 0.868. The van der Waals surface area contributed by atoms with Crippen LogP contribution in [0.25, 0.3) is 0 Å². The Balaban J connectivity index is 1.41. The van der Waals surface area contributed by atoms with Crippen molar-refractivity contribution in [2.45, 2.75) is 44.2 Å². The molecule has 2 aromatic carbocycles. The summed E-state index contributed by atoms with van der Waals surface area (Å²) in [5, 5.41) is 3.89. The van der Waals surface area contributed by atoms with Crippen molar-refractivity contribution in [2.75, 3.05) is 18.4 Å². The molecule has 1 spiro atoms. The summed E-state index contributed by atoms with van der Waals surface area (Å²) in [6, 6.07) is 15.7. The van der Waals surface area contributed by atoms with E-state index >= 15 is 0 Å². The third-order valence-corrected chi connectivity index (χ3v) is 5.65. The maximum absolute atomic E-state index is 13.0. The van der Waals surface area contributed by atoms with Gasteiger partial charge in [0.2, 0.25) is 0 Å². The van der Waals surface area contributed by atoms with Gasteiger partial charge in [0.05, 0.1) is 0 Å². The Labute approximate surface area is 143 Å². The van der Waals surface area contributed by atoms with Crippen LogP contribution in [0, 0.1) is 5.82 Å². The molecule has 2 nitrogen and oxygen atoms in total. The third-order valence-electron chi connectivity index (χ3n) is 5.65. The zero-order valence-corrected chi connectivity index (χ0v) is 14.1. The number of benzene rings is 2. The number of anilines is 1. The van der Waals surface area contributed by atoms with E-state index in [-0.39, 0.29) is 11.4 Å². The second-order valence-electron chi connectivity index (χ2n) is 7.32. The summed E-state index contributed by atoms with van der Waals surface area (Å²) in [6.07, 6.45) is 6.07. The minimum atomic E-state index is -0.155. The van der Waals surface area contributed by atoms with E-state index in [1.807, 2.05) is 12.1 Å². The van der Waals surface area contributed by atoms with Gasteiger partial charge in [-0.3, -0.25) is 4.90 Å². The fraction of sp³-hybridized carbons (Fsp3) is 0.429. The first kappa shape index (κ1) is 15.6. The molecule has 2 aliphatic heterocycles. The lowest BCUT2D eigenvalue weighted by atomic mass is 9.83. The maximum atomic E-state index is 13.0. The van der Waals surface area contributed by atoms with E-state index in [9.17, 15) is 4.39 Å². The molecular formula is C21H25FN2. The highest BCUT2D eigenvalue weighted by Gasteiger charge is 2.35. The van der Waals surface area contributed by atoms with Crippen LogP contribution in [-0.4, -0.2) is 23.5 Å². The van der Waals surface area contributed by atoms with Gasteiger partial charge in [0.15, 0.2) is 0 Å². The zero-order chi connectivity index (χ0) is 16.4. The molecule has 126 valence electrons. The molecule has 0 amide bonds. The van der Waals surface area contributed by atoms with Crippen LogP contribution in [0.1, 0.15) is 36.8 Å². The molecule has 0 aliphatic carbocycles. The SMILES string of the molecule is Fc1ccc(CN2CCC3(CCCc4ccccc4N3)CC2)cc1. The number of fused-ring (bicyclic) bond motifs is 1. The van der Waals surface area contributed by atoms with Crippen LogP contribution in [0.5, 0.6) is 0 Å². The number of aryl methyl sites for hydroxylation is 1. The van der Waals surface area contributed by atoms with Crippen LogP contribution < -0.4 is 5.32 Å². The minimum Gasteiger partial charge on any atom is -0.379 e. The Morgan fingerprint density at radius 1 is 0.958 bits per heavy atom. The van der Waals surface area contributed by atoms with Gasteiger partial charge >= 0.3 is 0 Å². The topological polar surface area (TPSA) is 15.3 Å². The first-order chi connectivity index (χ1) is 11.7. The molecule has 24 heavy (non-hydrogen) atoms. The summed E-state index contributed by atoms with van der Waals surface area (Å²) >= 11 is 0. The smallest absolute Gasteiger partial charge is 0.123 e. The summed E-state index contributed by atoms with van der Waals surface area (Å²) in [5.41, 5.74) is 4.25. The predicted molar refractivity (Wildman–Crippen MR) is 96.6 cm³/mol. The lowest BCUT2D eigenvalue weighted by Gasteiger charge is -2.42. The summed E-state index contributed by atoms with van der Waals surface area (Å²) in [6.45, 7) is 3.13. The van der Waals surface area contributed by atoms with Crippen molar-refractivity contribution in [3.05, 3.63) is 65.5 Å². The fourth-order valence-electron chi connectivity index (χ4n) is 4.19. The van der Waals surface area contributed by atoms with Gasteiger partial charge in [0, 0.05) is 30.9 Å². The molecule has 2 heterocycles. The Morgan fingerprint density at radius 3 is 2.50 bits per heavy atom. The van der Waals surface area contributed by atoms with Crippen molar-refractivity contribution < 1.29 is 4.39 Å². The zero-order valence-electron chi connectivity index (χ0n) is 14.1. The lowest BCUT2D eigenvalue weighted by molar-refractivity contribution is 0.160. The molecule has 3 heteroatoms. The van der Waals surface area contributed by atoms with Crippen molar-refractivity contribution in [1.82, 2.24) is 4.90 Å². The molecule has 4 rings (SSSR count). The van der Waals surface area contributed by atoms with Gasteiger partial charge in [0.25, 0.3) is 0 Å². The van der Waals surface area contributed by atoms with E-state index in [1.165, 1.54) is 48.9 Å². The number of rotatable bonds is 2. The molecule has 0 bridgehead atoms. The van der Waals surface area contributed by atoms with E-state index in [0.29, 0.717) is 0 Å². The Hall–Kier alpha value is -1.87. The predicted octanol–water partition coefficient (Wildman–Crippen LogP) is 4.61. The normalized spacial score (nSPS) is 20.2. The Bertz CT molecular complexity index is 687. The van der Waals surface area contributed by atoms with Crippen molar-refractivity contribution in [2.24, 2.45) is 0 Å². The molecule has 1 fully saturated rings. The van der Waals surface area contributed by atoms with Crippen molar-refractivity contribution >= 4 is 5.69 Å². The summed E-state index contributed by atoms with van der Waals surface area (Å²) < 4.78 is 13.0. The summed E-state index contributed by atoms with van der Waals surface area (Å²) in [7, 11) is 0. The second-order valence-corrected chi connectivity index (χ2v) is 7.32. The summed E-state index contributed by atoms with van der Waals surface area (Å²) in [5.74, 6) is -0.155. The summed E-state index contributed by atoms with van der Waals surface area (Å²) in [4.78, 5) is 2.50. The monoisotopic (exact) mass is 324 g/mol. The van der Waals surface area contributed by atoms with Gasteiger partial charge in [-0.25, -0.2) is 4.39 Å². The molecule has 0 aromatic heterocycles. The first-order valence-corrected chi connectivity index (χ1v) is 9.05. The van der Waals surface area contributed by atoms with Crippen LogP contribution in [-0.2, 0) is 13.0 Å². The van der Waals surface area contributed by atoms with E-state index in [4.69, 9.17) is 0 Å². The van der Waals surface area contributed by atoms with Crippen LogP contribution in [0.2, 0.25) is 0 Å². The third kappa shape index (κ3) is 3.32. The highest BCUT2D eigenvalue weighted by atomic mass is 19.1. The van der Waals surface area contributed by atoms with Crippen LogP contribution in [0.4, 0.5) is 10.1 Å². The number of likely N-dealkylation sites (tertiary alicyclic amines) is 1. The highest BCUT2D eigenvalue weighted by molar-refractivity contribution is 5.54. The molecule has 0 atom stereocenters. The van der Waals surface area contributed by atoms with Crippen LogP contribution in [0.3, 0.4) is 0 Å². The lowest BCUT2D eigenvalue weighted by Crippen LogP contribution is -2.48. The molecule has 1 saturated heterocycles. The molecular weight excluding hydrogens is 299 g/mol. The number of nitrogens with one attached hydrogen (secondary N) is 1. The Kier molecular flexibility index (Phi) is 4.28. The standard InChI is InChI=1S/C21H25FN2/c22-19-9-7-17(8-10-19)16-24-14-12-21(13-15-24)11-3-5-18-4-1-2-6-20(18)23-21/h1-2,4,6-10,23H,3,5,11-16H2. The molecule has 2 aromatic rings. The molecule has 0 saturated carbocycles. The van der Waals surface area contributed by atoms with Crippen molar-refractivity contribution in [3.63, 3.8) is 0 Å². The molecule has 0 radical (unpaired) electrons. The van der Waals surface area contributed by atoms with E-state index < -0.39 is 0 Å². The maximum Gasteiger partial charge on any atom is 0.123 e. The Morgan fingerprint density at radius 2 is 1.71 bits per heavy atom.